The van der Waals surface area contributed by atoms with Gasteiger partial charge >= 0.3 is 0 Å². The Morgan fingerprint density at radius 1 is 1.50 bits per heavy atom. The predicted octanol–water partition coefficient (Wildman–Crippen LogP) is 2.63. The van der Waals surface area contributed by atoms with E-state index in [1.807, 2.05) is 6.07 Å². The van der Waals surface area contributed by atoms with Crippen LogP contribution in [-0.2, 0) is 6.54 Å². The maximum atomic E-state index is 5.77. The number of nitrogens with two attached hydrogens (primary N) is 1. The van der Waals surface area contributed by atoms with Gasteiger partial charge in [0.2, 0.25) is 0 Å². The molecule has 18 heavy (non-hydrogen) atoms. The zero-order valence-corrected chi connectivity index (χ0v) is 12.6. The Balaban J connectivity index is 2.09. The van der Waals surface area contributed by atoms with Crippen LogP contribution in [0.25, 0.3) is 0 Å². The highest BCUT2D eigenvalue weighted by atomic mass is 79.9. The van der Waals surface area contributed by atoms with E-state index in [2.05, 4.69) is 39.9 Å². The van der Waals surface area contributed by atoms with Gasteiger partial charge in [-0.25, -0.2) is 0 Å². The van der Waals surface area contributed by atoms with Crippen LogP contribution in [0.1, 0.15) is 18.9 Å². The molecule has 1 heterocycles. The largest absolute Gasteiger partial charge is 0.497 e. The van der Waals surface area contributed by atoms with E-state index in [1.165, 1.54) is 12.0 Å². The summed E-state index contributed by atoms with van der Waals surface area (Å²) in [5.41, 5.74) is 7.05. The van der Waals surface area contributed by atoms with E-state index in [9.17, 15) is 0 Å². The molecule has 2 N–H and O–H groups in total. The van der Waals surface area contributed by atoms with Crippen molar-refractivity contribution in [2.24, 2.45) is 11.7 Å². The highest BCUT2D eigenvalue weighted by Gasteiger charge is 2.28. The predicted molar refractivity (Wildman–Crippen MR) is 77.7 cm³/mol. The summed E-state index contributed by atoms with van der Waals surface area (Å²) in [6.45, 7) is 5.13. The molecular formula is C14H21BrN2O. The zero-order chi connectivity index (χ0) is 13.1. The van der Waals surface area contributed by atoms with Crippen molar-refractivity contribution in [1.82, 2.24) is 4.90 Å². The molecule has 1 aliphatic heterocycles. The molecule has 0 radical (unpaired) electrons. The molecule has 0 aliphatic carbocycles. The Labute approximate surface area is 117 Å². The number of hydrogen-bond acceptors (Lipinski definition) is 3. The van der Waals surface area contributed by atoms with E-state index >= 15 is 0 Å². The van der Waals surface area contributed by atoms with Crippen molar-refractivity contribution in [1.29, 1.82) is 0 Å². The Morgan fingerprint density at radius 2 is 2.28 bits per heavy atom. The molecule has 0 bridgehead atoms. The molecule has 1 aromatic rings. The van der Waals surface area contributed by atoms with E-state index < -0.39 is 0 Å². The summed E-state index contributed by atoms with van der Waals surface area (Å²) < 4.78 is 6.43. The summed E-state index contributed by atoms with van der Waals surface area (Å²) in [6, 6.07) is 6.74. The molecule has 0 spiro atoms. The van der Waals surface area contributed by atoms with Gasteiger partial charge in [-0.05, 0) is 49.6 Å². The second-order valence-electron chi connectivity index (χ2n) is 5.07. The van der Waals surface area contributed by atoms with Gasteiger partial charge in [0, 0.05) is 23.6 Å². The van der Waals surface area contributed by atoms with E-state index in [-0.39, 0.29) is 0 Å². The van der Waals surface area contributed by atoms with Crippen LogP contribution in [-0.4, -0.2) is 31.1 Å². The van der Waals surface area contributed by atoms with Gasteiger partial charge in [0.15, 0.2) is 0 Å². The molecule has 2 unspecified atom stereocenters. The third-order valence-corrected chi connectivity index (χ3v) is 4.52. The third-order valence-electron chi connectivity index (χ3n) is 3.75. The van der Waals surface area contributed by atoms with E-state index in [1.54, 1.807) is 7.11 Å². The van der Waals surface area contributed by atoms with Crippen LogP contribution in [0.5, 0.6) is 5.75 Å². The minimum Gasteiger partial charge on any atom is -0.497 e. The highest BCUT2D eigenvalue weighted by Crippen LogP contribution is 2.28. The maximum absolute atomic E-state index is 5.77. The number of rotatable bonds is 4. The number of methoxy groups -OCH3 is 1. The van der Waals surface area contributed by atoms with Crippen molar-refractivity contribution in [3.63, 3.8) is 0 Å². The van der Waals surface area contributed by atoms with Gasteiger partial charge in [0.25, 0.3) is 0 Å². The Morgan fingerprint density at radius 3 is 2.89 bits per heavy atom. The number of hydrogen-bond donors (Lipinski definition) is 1. The summed E-state index contributed by atoms with van der Waals surface area (Å²) in [7, 11) is 1.70. The highest BCUT2D eigenvalue weighted by molar-refractivity contribution is 9.10. The van der Waals surface area contributed by atoms with Crippen molar-refractivity contribution in [2.75, 3.05) is 20.2 Å². The standard InChI is InChI=1S/C14H21BrN2O/c1-10-5-11(7-16)8-17(10)9-12-6-13(18-2)3-4-14(12)15/h3-4,6,10-11H,5,7-9,16H2,1-2H3. The molecular weight excluding hydrogens is 292 g/mol. The first-order chi connectivity index (χ1) is 8.63. The average molecular weight is 313 g/mol. The number of halogens is 1. The van der Waals surface area contributed by atoms with E-state index in [0.717, 1.165) is 29.9 Å². The second-order valence-corrected chi connectivity index (χ2v) is 5.93. The van der Waals surface area contributed by atoms with Gasteiger partial charge in [0.1, 0.15) is 5.75 Å². The van der Waals surface area contributed by atoms with Crippen LogP contribution in [0.3, 0.4) is 0 Å². The van der Waals surface area contributed by atoms with Crippen molar-refractivity contribution in [3.8, 4) is 5.75 Å². The lowest BCUT2D eigenvalue weighted by Gasteiger charge is -2.22. The lowest BCUT2D eigenvalue weighted by Crippen LogP contribution is -2.27. The first-order valence-electron chi connectivity index (χ1n) is 6.40. The van der Waals surface area contributed by atoms with Gasteiger partial charge < -0.3 is 10.5 Å². The molecule has 4 heteroatoms. The molecule has 2 rings (SSSR count). The summed E-state index contributed by atoms with van der Waals surface area (Å²) in [6.07, 6.45) is 1.21. The number of benzene rings is 1. The lowest BCUT2D eigenvalue weighted by molar-refractivity contribution is 0.255. The Bertz CT molecular complexity index is 411. The fourth-order valence-electron chi connectivity index (χ4n) is 2.63. The van der Waals surface area contributed by atoms with E-state index in [4.69, 9.17) is 10.5 Å². The molecule has 100 valence electrons. The Kier molecular flexibility index (Phi) is 4.65. The van der Waals surface area contributed by atoms with Crippen LogP contribution in [0, 0.1) is 5.92 Å². The molecule has 0 aromatic heterocycles. The minimum atomic E-state index is 0.608. The van der Waals surface area contributed by atoms with Gasteiger partial charge in [-0.15, -0.1) is 0 Å². The third kappa shape index (κ3) is 3.05. The molecule has 1 aromatic carbocycles. The molecule has 1 saturated heterocycles. The van der Waals surface area contributed by atoms with Crippen LogP contribution < -0.4 is 10.5 Å². The summed E-state index contributed by atoms with van der Waals surface area (Å²) in [5.74, 6) is 1.56. The first kappa shape index (κ1) is 13.8. The second kappa shape index (κ2) is 6.04. The van der Waals surface area contributed by atoms with Crippen LogP contribution in [0.4, 0.5) is 0 Å². The number of ether oxygens (including phenoxy) is 1. The number of likely N-dealkylation sites (tertiary alicyclic amines) is 1. The summed E-state index contributed by atoms with van der Waals surface area (Å²) in [4.78, 5) is 2.50. The number of nitrogens with zero attached hydrogens (tertiary/aromatic N) is 1. The summed E-state index contributed by atoms with van der Waals surface area (Å²) >= 11 is 3.61. The molecule has 0 saturated carbocycles. The van der Waals surface area contributed by atoms with Crippen LogP contribution in [0.15, 0.2) is 22.7 Å². The summed E-state index contributed by atoms with van der Waals surface area (Å²) in [5, 5.41) is 0. The Hall–Kier alpha value is -0.580. The van der Waals surface area contributed by atoms with Gasteiger partial charge in [-0.3, -0.25) is 4.90 Å². The van der Waals surface area contributed by atoms with Gasteiger partial charge in [-0.2, -0.15) is 0 Å². The van der Waals surface area contributed by atoms with Crippen molar-refractivity contribution >= 4 is 15.9 Å². The normalized spacial score (nSPS) is 24.4. The SMILES string of the molecule is COc1ccc(Br)c(CN2CC(CN)CC2C)c1. The fourth-order valence-corrected chi connectivity index (χ4v) is 3.00. The first-order valence-corrected chi connectivity index (χ1v) is 7.20. The van der Waals surface area contributed by atoms with Crippen LogP contribution in [0.2, 0.25) is 0 Å². The van der Waals surface area contributed by atoms with Crippen molar-refractivity contribution in [3.05, 3.63) is 28.2 Å². The smallest absolute Gasteiger partial charge is 0.119 e. The fraction of sp³-hybridized carbons (Fsp3) is 0.571. The average Bonchev–Trinajstić information content (AvgIpc) is 2.73. The minimum absolute atomic E-state index is 0.608. The quantitative estimate of drug-likeness (QED) is 0.929. The van der Waals surface area contributed by atoms with Crippen molar-refractivity contribution in [2.45, 2.75) is 25.9 Å². The van der Waals surface area contributed by atoms with Gasteiger partial charge in [-0.1, -0.05) is 15.9 Å². The monoisotopic (exact) mass is 312 g/mol. The topological polar surface area (TPSA) is 38.5 Å². The molecule has 3 nitrogen and oxygen atoms in total. The van der Waals surface area contributed by atoms with Crippen LogP contribution >= 0.6 is 15.9 Å². The lowest BCUT2D eigenvalue weighted by atomic mass is 10.1. The molecule has 1 aliphatic rings. The maximum Gasteiger partial charge on any atom is 0.119 e. The van der Waals surface area contributed by atoms with E-state index in [0.29, 0.717) is 12.0 Å². The zero-order valence-electron chi connectivity index (χ0n) is 11.0. The van der Waals surface area contributed by atoms with Gasteiger partial charge in [0.05, 0.1) is 7.11 Å². The van der Waals surface area contributed by atoms with Crippen molar-refractivity contribution < 1.29 is 4.74 Å². The molecule has 1 fully saturated rings. The molecule has 0 amide bonds. The molecule has 2 atom stereocenters.